The molecule has 1 amide bonds. The van der Waals surface area contributed by atoms with Gasteiger partial charge in [-0.15, -0.1) is 0 Å². The fourth-order valence-electron chi connectivity index (χ4n) is 1.60. The van der Waals surface area contributed by atoms with Crippen LogP contribution in [0.3, 0.4) is 0 Å². The third-order valence-corrected chi connectivity index (χ3v) is 2.78. The third-order valence-electron chi connectivity index (χ3n) is 2.46. The number of carbonyl (C=O) groups excluding carboxylic acids is 1. The molecular formula is C15H20ClN3O2. The van der Waals surface area contributed by atoms with Gasteiger partial charge in [0, 0.05) is 13.1 Å². The van der Waals surface area contributed by atoms with Crippen molar-refractivity contribution in [3.8, 4) is 6.07 Å². The highest BCUT2D eigenvalue weighted by Gasteiger charge is 2.15. The number of nitrogens with zero attached hydrogens (tertiary/aromatic N) is 1. The van der Waals surface area contributed by atoms with Crippen molar-refractivity contribution in [1.82, 2.24) is 5.32 Å². The minimum absolute atomic E-state index is 0.425. The Balaban J connectivity index is 2.31. The summed E-state index contributed by atoms with van der Waals surface area (Å²) in [5.41, 5.74) is 0.631. The smallest absolute Gasteiger partial charge is 0.407 e. The first-order valence-corrected chi connectivity index (χ1v) is 7.10. The summed E-state index contributed by atoms with van der Waals surface area (Å²) in [6.45, 7) is 6.55. The van der Waals surface area contributed by atoms with Crippen LogP contribution >= 0.6 is 11.6 Å². The van der Waals surface area contributed by atoms with Crippen LogP contribution in [0.1, 0.15) is 32.8 Å². The van der Waals surface area contributed by atoms with Crippen LogP contribution in [0.25, 0.3) is 0 Å². The molecule has 0 aliphatic carbocycles. The molecule has 0 aliphatic heterocycles. The van der Waals surface area contributed by atoms with Gasteiger partial charge in [0.25, 0.3) is 0 Å². The van der Waals surface area contributed by atoms with Crippen LogP contribution in [-0.4, -0.2) is 24.8 Å². The van der Waals surface area contributed by atoms with Crippen LogP contribution in [0.15, 0.2) is 18.2 Å². The lowest BCUT2D eigenvalue weighted by Gasteiger charge is -2.19. The predicted molar refractivity (Wildman–Crippen MR) is 83.5 cm³/mol. The summed E-state index contributed by atoms with van der Waals surface area (Å²) in [5, 5.41) is 15.3. The van der Waals surface area contributed by atoms with E-state index < -0.39 is 11.7 Å². The van der Waals surface area contributed by atoms with Gasteiger partial charge in [0.05, 0.1) is 16.3 Å². The van der Waals surface area contributed by atoms with Crippen molar-refractivity contribution in [1.29, 1.82) is 5.26 Å². The molecule has 0 unspecified atom stereocenters. The first-order valence-electron chi connectivity index (χ1n) is 6.73. The molecule has 0 radical (unpaired) electrons. The number of ether oxygens (including phenoxy) is 1. The van der Waals surface area contributed by atoms with Gasteiger partial charge in [-0.05, 0) is 39.3 Å². The van der Waals surface area contributed by atoms with Crippen LogP contribution in [0.5, 0.6) is 0 Å². The molecule has 1 rings (SSSR count). The number of anilines is 1. The maximum Gasteiger partial charge on any atom is 0.407 e. The molecule has 0 aromatic heterocycles. The van der Waals surface area contributed by atoms with E-state index in [9.17, 15) is 4.79 Å². The maximum atomic E-state index is 11.4. The van der Waals surface area contributed by atoms with Crippen LogP contribution in [-0.2, 0) is 4.74 Å². The van der Waals surface area contributed by atoms with Gasteiger partial charge in [-0.1, -0.05) is 17.7 Å². The Hall–Kier alpha value is -1.93. The Bertz CT molecular complexity index is 533. The number of rotatable bonds is 5. The van der Waals surface area contributed by atoms with Crippen LogP contribution < -0.4 is 10.6 Å². The predicted octanol–water partition coefficient (Wildman–Crippen LogP) is 3.54. The Morgan fingerprint density at radius 2 is 2.10 bits per heavy atom. The SMILES string of the molecule is CC(C)(C)OC(=O)NCCCNc1cccc(Cl)c1C#N. The molecule has 0 spiro atoms. The van der Waals surface area contributed by atoms with Crippen LogP contribution in [0, 0.1) is 11.3 Å². The van der Waals surface area contributed by atoms with E-state index in [0.717, 1.165) is 0 Å². The van der Waals surface area contributed by atoms with Crippen LogP contribution in [0.2, 0.25) is 5.02 Å². The van der Waals surface area contributed by atoms with E-state index in [1.165, 1.54) is 0 Å². The summed E-state index contributed by atoms with van der Waals surface area (Å²) in [6.07, 6.45) is 0.277. The van der Waals surface area contributed by atoms with Gasteiger partial charge in [0.15, 0.2) is 0 Å². The fraction of sp³-hybridized carbons (Fsp3) is 0.467. The molecule has 1 aromatic carbocycles. The second-order valence-corrected chi connectivity index (χ2v) is 5.89. The van der Waals surface area contributed by atoms with Gasteiger partial charge < -0.3 is 15.4 Å². The molecule has 0 heterocycles. The normalized spacial score (nSPS) is 10.6. The van der Waals surface area contributed by atoms with E-state index >= 15 is 0 Å². The number of hydrogen-bond acceptors (Lipinski definition) is 4. The van der Waals surface area contributed by atoms with Crippen molar-refractivity contribution < 1.29 is 9.53 Å². The van der Waals surface area contributed by atoms with Gasteiger partial charge in [-0.25, -0.2) is 4.79 Å². The fourth-order valence-corrected chi connectivity index (χ4v) is 1.82. The topological polar surface area (TPSA) is 74.2 Å². The van der Waals surface area contributed by atoms with Crippen LogP contribution in [0.4, 0.5) is 10.5 Å². The third kappa shape index (κ3) is 6.37. The second-order valence-electron chi connectivity index (χ2n) is 5.48. The molecule has 0 aliphatic rings. The van der Waals surface area contributed by atoms with Crippen molar-refractivity contribution >= 4 is 23.4 Å². The van der Waals surface area contributed by atoms with Gasteiger partial charge in [0.1, 0.15) is 11.7 Å². The molecule has 5 nitrogen and oxygen atoms in total. The zero-order valence-corrected chi connectivity index (χ0v) is 13.3. The minimum Gasteiger partial charge on any atom is -0.444 e. The number of hydrogen-bond donors (Lipinski definition) is 2. The van der Waals surface area contributed by atoms with Crippen molar-refractivity contribution in [3.63, 3.8) is 0 Å². The van der Waals surface area contributed by atoms with Gasteiger partial charge in [0.2, 0.25) is 0 Å². The van der Waals surface area contributed by atoms with Gasteiger partial charge >= 0.3 is 6.09 Å². The minimum atomic E-state index is -0.495. The first kappa shape index (κ1) is 17.1. The zero-order valence-electron chi connectivity index (χ0n) is 12.5. The summed E-state index contributed by atoms with van der Waals surface area (Å²) in [7, 11) is 0. The lowest BCUT2D eigenvalue weighted by atomic mass is 10.2. The Morgan fingerprint density at radius 3 is 2.71 bits per heavy atom. The monoisotopic (exact) mass is 309 g/mol. The highest BCUT2D eigenvalue weighted by atomic mass is 35.5. The van der Waals surface area contributed by atoms with Crippen molar-refractivity contribution in [2.75, 3.05) is 18.4 Å². The van der Waals surface area contributed by atoms with E-state index in [1.54, 1.807) is 18.2 Å². The van der Waals surface area contributed by atoms with Crippen molar-refractivity contribution in [2.24, 2.45) is 0 Å². The van der Waals surface area contributed by atoms with E-state index in [-0.39, 0.29) is 0 Å². The molecule has 0 fully saturated rings. The molecular weight excluding hydrogens is 290 g/mol. The summed E-state index contributed by atoms with van der Waals surface area (Å²) in [5.74, 6) is 0. The van der Waals surface area contributed by atoms with E-state index in [2.05, 4.69) is 16.7 Å². The largest absolute Gasteiger partial charge is 0.444 e. The lowest BCUT2D eigenvalue weighted by Crippen LogP contribution is -2.33. The number of benzene rings is 1. The number of alkyl carbamates (subject to hydrolysis) is 1. The molecule has 0 atom stereocenters. The van der Waals surface area contributed by atoms with Crippen molar-refractivity contribution in [3.05, 3.63) is 28.8 Å². The Kier molecular flexibility index (Phi) is 6.32. The van der Waals surface area contributed by atoms with E-state index in [0.29, 0.717) is 35.8 Å². The zero-order chi connectivity index (χ0) is 15.9. The van der Waals surface area contributed by atoms with Gasteiger partial charge in [-0.3, -0.25) is 0 Å². The maximum absolute atomic E-state index is 11.4. The average Bonchev–Trinajstić information content (AvgIpc) is 2.36. The summed E-state index contributed by atoms with van der Waals surface area (Å²) in [6, 6.07) is 7.32. The van der Waals surface area contributed by atoms with E-state index in [1.807, 2.05) is 20.8 Å². The highest BCUT2D eigenvalue weighted by Crippen LogP contribution is 2.22. The number of halogens is 1. The molecule has 0 saturated carbocycles. The molecule has 2 N–H and O–H groups in total. The lowest BCUT2D eigenvalue weighted by molar-refractivity contribution is 0.0528. The summed E-state index contributed by atoms with van der Waals surface area (Å²) >= 11 is 5.94. The first-order chi connectivity index (χ1) is 9.83. The highest BCUT2D eigenvalue weighted by molar-refractivity contribution is 6.32. The number of nitrogens with one attached hydrogen (secondary N) is 2. The van der Waals surface area contributed by atoms with Gasteiger partial charge in [-0.2, -0.15) is 5.26 Å². The quantitative estimate of drug-likeness (QED) is 0.816. The standard InChI is InChI=1S/C15H20ClN3O2/c1-15(2,3)21-14(20)19-9-5-8-18-13-7-4-6-12(16)11(13)10-17/h4,6-7,18H,5,8-9H2,1-3H3,(H,19,20). The average molecular weight is 310 g/mol. The Labute approximate surface area is 130 Å². The molecule has 21 heavy (non-hydrogen) atoms. The molecule has 0 bridgehead atoms. The number of carbonyl (C=O) groups is 1. The van der Waals surface area contributed by atoms with Crippen molar-refractivity contribution in [2.45, 2.75) is 32.8 Å². The molecule has 1 aromatic rings. The molecule has 6 heteroatoms. The molecule has 114 valence electrons. The summed E-state index contributed by atoms with van der Waals surface area (Å²) < 4.78 is 5.12. The van der Waals surface area contributed by atoms with E-state index in [4.69, 9.17) is 21.6 Å². The molecule has 0 saturated heterocycles. The Morgan fingerprint density at radius 1 is 1.38 bits per heavy atom. The summed E-state index contributed by atoms with van der Waals surface area (Å²) in [4.78, 5) is 11.4. The number of nitriles is 1. The second kappa shape index (κ2) is 7.75. The number of amides is 1.